The minimum Gasteiger partial charge on any atom is -0.375 e. The lowest BCUT2D eigenvalue weighted by Gasteiger charge is -2.34. The van der Waals surface area contributed by atoms with Crippen LogP contribution < -0.4 is 5.32 Å². The number of carbonyl (C=O) groups excluding carboxylic acids is 1. The van der Waals surface area contributed by atoms with Crippen LogP contribution in [0.5, 0.6) is 0 Å². The third-order valence-electron chi connectivity index (χ3n) is 4.86. The Morgan fingerprint density at radius 3 is 2.65 bits per heavy atom. The van der Waals surface area contributed by atoms with Crippen LogP contribution in [0.15, 0.2) is 0 Å². The lowest BCUT2D eigenvalue weighted by atomic mass is 9.82. The molecule has 1 amide bonds. The smallest absolute Gasteiger partial charge is 0.248 e. The molecule has 1 aliphatic carbocycles. The molecule has 0 aromatic heterocycles. The first-order chi connectivity index (χ1) is 9.69. The fraction of sp³-hybridized carbons (Fsp3) is 0.938. The first-order valence-electron chi connectivity index (χ1n) is 8.19. The average Bonchev–Trinajstić information content (AvgIpc) is 2.46. The Morgan fingerprint density at radius 1 is 1.25 bits per heavy atom. The van der Waals surface area contributed by atoms with Gasteiger partial charge in [-0.15, -0.1) is 0 Å². The molecular formula is C16H30N2O2. The number of piperidine rings is 1. The van der Waals surface area contributed by atoms with Gasteiger partial charge in [-0.2, -0.15) is 0 Å². The summed E-state index contributed by atoms with van der Waals surface area (Å²) in [6.45, 7) is 5.52. The molecule has 1 N–H and O–H groups in total. The molecule has 2 aliphatic rings. The van der Waals surface area contributed by atoms with E-state index in [0.717, 1.165) is 37.8 Å². The van der Waals surface area contributed by atoms with E-state index in [0.29, 0.717) is 6.04 Å². The molecule has 1 saturated carbocycles. The first-order valence-corrected chi connectivity index (χ1v) is 8.19. The van der Waals surface area contributed by atoms with Crippen LogP contribution in [0.2, 0.25) is 0 Å². The topological polar surface area (TPSA) is 41.6 Å². The van der Waals surface area contributed by atoms with Crippen molar-refractivity contribution in [3.8, 4) is 0 Å². The van der Waals surface area contributed by atoms with E-state index in [2.05, 4.69) is 12.2 Å². The Labute approximate surface area is 123 Å². The lowest BCUT2D eigenvalue weighted by Crippen LogP contribution is -2.47. The number of hydrogen-bond donors (Lipinski definition) is 1. The van der Waals surface area contributed by atoms with E-state index in [1.807, 2.05) is 4.90 Å². The number of amides is 1. The fourth-order valence-corrected chi connectivity index (χ4v) is 3.63. The monoisotopic (exact) mass is 282 g/mol. The van der Waals surface area contributed by atoms with Gasteiger partial charge >= 0.3 is 0 Å². The Bertz CT molecular complexity index is 301. The molecule has 1 heterocycles. The molecule has 2 atom stereocenters. The minimum atomic E-state index is 0.132. The van der Waals surface area contributed by atoms with E-state index >= 15 is 0 Å². The highest BCUT2D eigenvalue weighted by Gasteiger charge is 2.24. The standard InChI is InChI=1S/C16H30N2O2/c1-13-4-3-5-14(10-13)11-17-15-6-8-18(9-7-15)16(19)12-20-2/h13-15,17H,3-12H2,1-2H3. The molecular weight excluding hydrogens is 252 g/mol. The van der Waals surface area contributed by atoms with Crippen LogP contribution in [-0.4, -0.2) is 50.2 Å². The van der Waals surface area contributed by atoms with E-state index in [-0.39, 0.29) is 12.5 Å². The van der Waals surface area contributed by atoms with Crippen molar-refractivity contribution in [2.45, 2.75) is 51.5 Å². The highest BCUT2D eigenvalue weighted by molar-refractivity contribution is 5.77. The van der Waals surface area contributed by atoms with Crippen LogP contribution >= 0.6 is 0 Å². The molecule has 0 aromatic rings. The highest BCUT2D eigenvalue weighted by atomic mass is 16.5. The van der Waals surface area contributed by atoms with E-state index < -0.39 is 0 Å². The van der Waals surface area contributed by atoms with Crippen molar-refractivity contribution >= 4 is 5.91 Å². The Hall–Kier alpha value is -0.610. The molecule has 2 rings (SSSR count). The van der Waals surface area contributed by atoms with E-state index in [1.165, 1.54) is 32.2 Å². The molecule has 1 aliphatic heterocycles. The Morgan fingerprint density at radius 2 is 2.00 bits per heavy atom. The zero-order valence-electron chi connectivity index (χ0n) is 13.1. The van der Waals surface area contributed by atoms with Gasteiger partial charge in [-0.1, -0.05) is 19.8 Å². The molecule has 0 bridgehead atoms. The van der Waals surface area contributed by atoms with E-state index in [1.54, 1.807) is 7.11 Å². The first kappa shape index (κ1) is 15.8. The number of nitrogens with one attached hydrogen (secondary N) is 1. The van der Waals surface area contributed by atoms with Crippen molar-refractivity contribution in [1.82, 2.24) is 10.2 Å². The van der Waals surface area contributed by atoms with Crippen molar-refractivity contribution in [2.24, 2.45) is 11.8 Å². The SMILES string of the molecule is COCC(=O)N1CCC(NCC2CCCC(C)C2)CC1. The van der Waals surface area contributed by atoms with Crippen LogP contribution in [0.3, 0.4) is 0 Å². The number of nitrogens with zero attached hydrogens (tertiary/aromatic N) is 1. The summed E-state index contributed by atoms with van der Waals surface area (Å²) in [5, 5.41) is 3.73. The molecule has 1 saturated heterocycles. The second-order valence-electron chi connectivity index (χ2n) is 6.63. The van der Waals surface area contributed by atoms with Crippen LogP contribution in [0.4, 0.5) is 0 Å². The summed E-state index contributed by atoms with van der Waals surface area (Å²) in [6.07, 6.45) is 7.75. The predicted octanol–water partition coefficient (Wildman–Crippen LogP) is 2.04. The van der Waals surface area contributed by atoms with Crippen LogP contribution in [0.25, 0.3) is 0 Å². The summed E-state index contributed by atoms with van der Waals surface area (Å²) in [5.41, 5.74) is 0. The molecule has 2 unspecified atom stereocenters. The fourth-order valence-electron chi connectivity index (χ4n) is 3.63. The summed E-state index contributed by atoms with van der Waals surface area (Å²) in [7, 11) is 1.58. The van der Waals surface area contributed by atoms with Crippen molar-refractivity contribution in [3.63, 3.8) is 0 Å². The van der Waals surface area contributed by atoms with Gasteiger partial charge in [0.1, 0.15) is 6.61 Å². The lowest BCUT2D eigenvalue weighted by molar-refractivity contribution is -0.136. The quantitative estimate of drug-likeness (QED) is 0.839. The Kier molecular flexibility index (Phi) is 6.30. The third kappa shape index (κ3) is 4.74. The Balaban J connectivity index is 1.63. The number of likely N-dealkylation sites (tertiary alicyclic amines) is 1. The number of carbonyl (C=O) groups is 1. The molecule has 116 valence electrons. The van der Waals surface area contributed by atoms with Crippen LogP contribution in [0, 0.1) is 11.8 Å². The number of ether oxygens (including phenoxy) is 1. The van der Waals surface area contributed by atoms with Gasteiger partial charge in [-0.05, 0) is 44.1 Å². The second kappa shape index (κ2) is 7.99. The molecule has 4 heteroatoms. The number of rotatable bonds is 5. The number of methoxy groups -OCH3 is 1. The third-order valence-corrected chi connectivity index (χ3v) is 4.86. The van der Waals surface area contributed by atoms with Gasteiger partial charge in [0.25, 0.3) is 0 Å². The maximum atomic E-state index is 11.7. The summed E-state index contributed by atoms with van der Waals surface area (Å²) >= 11 is 0. The highest BCUT2D eigenvalue weighted by Crippen LogP contribution is 2.28. The van der Waals surface area contributed by atoms with Gasteiger partial charge in [-0.3, -0.25) is 4.79 Å². The maximum absolute atomic E-state index is 11.7. The molecule has 0 aromatic carbocycles. The van der Waals surface area contributed by atoms with Gasteiger partial charge in [0, 0.05) is 26.2 Å². The normalized spacial score (nSPS) is 28.6. The van der Waals surface area contributed by atoms with Gasteiger partial charge < -0.3 is 15.0 Å². The molecule has 0 spiro atoms. The largest absolute Gasteiger partial charge is 0.375 e. The zero-order valence-corrected chi connectivity index (χ0v) is 13.1. The van der Waals surface area contributed by atoms with Crippen molar-refractivity contribution in [2.75, 3.05) is 33.4 Å². The van der Waals surface area contributed by atoms with Gasteiger partial charge in [-0.25, -0.2) is 0 Å². The van der Waals surface area contributed by atoms with Crippen LogP contribution in [-0.2, 0) is 9.53 Å². The molecule has 4 nitrogen and oxygen atoms in total. The summed E-state index contributed by atoms with van der Waals surface area (Å²) < 4.78 is 4.91. The maximum Gasteiger partial charge on any atom is 0.248 e. The van der Waals surface area contributed by atoms with Crippen molar-refractivity contribution in [3.05, 3.63) is 0 Å². The second-order valence-corrected chi connectivity index (χ2v) is 6.63. The van der Waals surface area contributed by atoms with Gasteiger partial charge in [0.15, 0.2) is 0 Å². The molecule has 2 fully saturated rings. The van der Waals surface area contributed by atoms with Gasteiger partial charge in [0.05, 0.1) is 0 Å². The summed E-state index contributed by atoms with van der Waals surface area (Å²) in [4.78, 5) is 13.7. The van der Waals surface area contributed by atoms with E-state index in [4.69, 9.17) is 4.74 Å². The van der Waals surface area contributed by atoms with Crippen molar-refractivity contribution < 1.29 is 9.53 Å². The number of hydrogen-bond acceptors (Lipinski definition) is 3. The molecule has 20 heavy (non-hydrogen) atoms. The zero-order chi connectivity index (χ0) is 14.4. The molecule has 0 radical (unpaired) electrons. The van der Waals surface area contributed by atoms with Gasteiger partial charge in [0.2, 0.25) is 5.91 Å². The van der Waals surface area contributed by atoms with E-state index in [9.17, 15) is 4.79 Å². The van der Waals surface area contributed by atoms with Crippen LogP contribution in [0.1, 0.15) is 45.4 Å². The minimum absolute atomic E-state index is 0.132. The summed E-state index contributed by atoms with van der Waals surface area (Å²) in [5.74, 6) is 1.91. The summed E-state index contributed by atoms with van der Waals surface area (Å²) in [6, 6.07) is 0.596. The van der Waals surface area contributed by atoms with Crippen molar-refractivity contribution in [1.29, 1.82) is 0 Å². The predicted molar refractivity (Wildman–Crippen MR) is 80.6 cm³/mol. The average molecular weight is 282 g/mol.